The van der Waals surface area contributed by atoms with Crippen LogP contribution in [0.4, 0.5) is 11.6 Å². The average molecular weight is 354 g/mol. The Morgan fingerprint density at radius 1 is 0.923 bits per heavy atom. The smallest absolute Gasteiger partial charge is 0.133 e. The molecule has 0 aliphatic carbocycles. The molecular weight excluding hydrogens is 322 g/mol. The van der Waals surface area contributed by atoms with E-state index in [0.717, 1.165) is 44.4 Å². The van der Waals surface area contributed by atoms with Crippen molar-refractivity contribution < 1.29 is 0 Å². The van der Waals surface area contributed by atoms with Crippen molar-refractivity contribution in [1.82, 2.24) is 15.3 Å². The average Bonchev–Trinajstić information content (AvgIpc) is 2.67. The van der Waals surface area contributed by atoms with E-state index in [-0.39, 0.29) is 0 Å². The highest BCUT2D eigenvalue weighted by atomic mass is 15.3. The van der Waals surface area contributed by atoms with E-state index in [2.05, 4.69) is 59.1 Å². The lowest BCUT2D eigenvalue weighted by atomic mass is 10.1. The molecular formula is C21H31N5. The Hall–Kier alpha value is -2.14. The number of rotatable bonds is 7. The molecule has 0 radical (unpaired) electrons. The fraction of sp³-hybridized carbons (Fsp3) is 0.524. The van der Waals surface area contributed by atoms with Crippen molar-refractivity contribution in [3.63, 3.8) is 0 Å². The van der Waals surface area contributed by atoms with E-state index in [0.29, 0.717) is 12.0 Å². The van der Waals surface area contributed by atoms with Crippen LogP contribution in [0.5, 0.6) is 0 Å². The number of aromatic nitrogens is 2. The summed E-state index contributed by atoms with van der Waals surface area (Å²) in [5.74, 6) is 2.90. The Morgan fingerprint density at radius 3 is 2.35 bits per heavy atom. The van der Waals surface area contributed by atoms with Crippen molar-refractivity contribution >= 4 is 11.6 Å². The van der Waals surface area contributed by atoms with Crippen LogP contribution in [-0.2, 0) is 6.54 Å². The number of piperazine rings is 1. The minimum Gasteiger partial charge on any atom is -0.353 e. The molecule has 140 valence electrons. The second-order valence-corrected chi connectivity index (χ2v) is 7.56. The molecule has 2 aromatic heterocycles. The van der Waals surface area contributed by atoms with Gasteiger partial charge < -0.3 is 15.1 Å². The van der Waals surface area contributed by atoms with Gasteiger partial charge in [0.15, 0.2) is 0 Å². The largest absolute Gasteiger partial charge is 0.353 e. The lowest BCUT2D eigenvalue weighted by Crippen LogP contribution is -2.47. The molecule has 0 bridgehead atoms. The van der Waals surface area contributed by atoms with Crippen molar-refractivity contribution in [1.29, 1.82) is 0 Å². The van der Waals surface area contributed by atoms with E-state index in [1.165, 1.54) is 12.0 Å². The standard InChI is InChI=1S/C21H31N5/c1-17(2)15-18(3)24-16-19-7-6-10-23-21(19)26-13-11-25(12-14-26)20-8-4-5-9-22-20/h4-10,17-18,24H,11-16H2,1-3H3/t18-/m0/s1. The fourth-order valence-electron chi connectivity index (χ4n) is 3.62. The summed E-state index contributed by atoms with van der Waals surface area (Å²) in [5, 5.41) is 3.66. The predicted octanol–water partition coefficient (Wildman–Crippen LogP) is 3.33. The molecule has 5 heteroatoms. The maximum absolute atomic E-state index is 4.69. The van der Waals surface area contributed by atoms with Gasteiger partial charge in [-0.2, -0.15) is 0 Å². The normalized spacial score (nSPS) is 16.2. The lowest BCUT2D eigenvalue weighted by molar-refractivity contribution is 0.441. The van der Waals surface area contributed by atoms with Crippen LogP contribution >= 0.6 is 0 Å². The molecule has 3 heterocycles. The first-order valence-corrected chi connectivity index (χ1v) is 9.71. The third-order valence-electron chi connectivity index (χ3n) is 4.89. The Morgan fingerprint density at radius 2 is 1.65 bits per heavy atom. The number of nitrogens with one attached hydrogen (secondary N) is 1. The van der Waals surface area contributed by atoms with Gasteiger partial charge in [0.2, 0.25) is 0 Å². The Bertz CT molecular complexity index is 665. The van der Waals surface area contributed by atoms with E-state index >= 15 is 0 Å². The molecule has 0 saturated carbocycles. The van der Waals surface area contributed by atoms with Gasteiger partial charge in [-0.1, -0.05) is 26.0 Å². The van der Waals surface area contributed by atoms with Crippen LogP contribution in [0.25, 0.3) is 0 Å². The summed E-state index contributed by atoms with van der Waals surface area (Å²) in [5.41, 5.74) is 1.29. The zero-order valence-electron chi connectivity index (χ0n) is 16.2. The van der Waals surface area contributed by atoms with Gasteiger partial charge in [0.1, 0.15) is 11.6 Å². The fourth-order valence-corrected chi connectivity index (χ4v) is 3.62. The van der Waals surface area contributed by atoms with Crippen molar-refractivity contribution in [2.75, 3.05) is 36.0 Å². The molecule has 0 amide bonds. The summed E-state index contributed by atoms with van der Waals surface area (Å²) in [6, 6.07) is 10.9. The first-order chi connectivity index (χ1) is 12.6. The quantitative estimate of drug-likeness (QED) is 0.827. The highest BCUT2D eigenvalue weighted by Crippen LogP contribution is 2.21. The van der Waals surface area contributed by atoms with Crippen LogP contribution in [0.1, 0.15) is 32.8 Å². The zero-order chi connectivity index (χ0) is 18.4. The van der Waals surface area contributed by atoms with Crippen LogP contribution in [-0.4, -0.2) is 42.2 Å². The highest BCUT2D eigenvalue weighted by molar-refractivity contribution is 5.49. The SMILES string of the molecule is CC(C)C[C@H](C)NCc1cccnc1N1CCN(c2ccccn2)CC1. The van der Waals surface area contributed by atoms with E-state index in [9.17, 15) is 0 Å². The second-order valence-electron chi connectivity index (χ2n) is 7.56. The summed E-state index contributed by atoms with van der Waals surface area (Å²) in [7, 11) is 0. The van der Waals surface area contributed by atoms with Crippen molar-refractivity contribution in [2.24, 2.45) is 5.92 Å². The number of pyridine rings is 2. The maximum atomic E-state index is 4.69. The summed E-state index contributed by atoms with van der Waals surface area (Å²) >= 11 is 0. The number of nitrogens with zero attached hydrogens (tertiary/aromatic N) is 4. The Balaban J connectivity index is 1.60. The molecule has 1 atom stereocenters. The zero-order valence-corrected chi connectivity index (χ0v) is 16.2. The van der Waals surface area contributed by atoms with Gasteiger partial charge in [0.25, 0.3) is 0 Å². The van der Waals surface area contributed by atoms with E-state index in [1.807, 2.05) is 24.5 Å². The van der Waals surface area contributed by atoms with Gasteiger partial charge in [-0.25, -0.2) is 9.97 Å². The second kappa shape index (κ2) is 8.99. The monoisotopic (exact) mass is 353 g/mol. The van der Waals surface area contributed by atoms with Gasteiger partial charge in [-0.15, -0.1) is 0 Å². The van der Waals surface area contributed by atoms with Crippen LogP contribution < -0.4 is 15.1 Å². The Kier molecular flexibility index (Phi) is 6.45. The summed E-state index contributed by atoms with van der Waals surface area (Å²) in [4.78, 5) is 13.9. The van der Waals surface area contributed by atoms with Crippen molar-refractivity contribution in [3.8, 4) is 0 Å². The van der Waals surface area contributed by atoms with Gasteiger partial charge >= 0.3 is 0 Å². The summed E-state index contributed by atoms with van der Waals surface area (Å²) in [6.07, 6.45) is 4.96. The number of anilines is 2. The predicted molar refractivity (Wildman–Crippen MR) is 109 cm³/mol. The topological polar surface area (TPSA) is 44.3 Å². The molecule has 26 heavy (non-hydrogen) atoms. The first-order valence-electron chi connectivity index (χ1n) is 9.71. The highest BCUT2D eigenvalue weighted by Gasteiger charge is 2.21. The van der Waals surface area contributed by atoms with E-state index in [1.54, 1.807) is 0 Å². The molecule has 3 rings (SSSR count). The minimum atomic E-state index is 0.518. The number of hydrogen-bond acceptors (Lipinski definition) is 5. The van der Waals surface area contributed by atoms with E-state index < -0.39 is 0 Å². The third kappa shape index (κ3) is 4.94. The molecule has 1 aliphatic rings. The molecule has 1 saturated heterocycles. The van der Waals surface area contributed by atoms with Crippen LogP contribution in [0.3, 0.4) is 0 Å². The lowest BCUT2D eigenvalue weighted by Gasteiger charge is -2.36. The van der Waals surface area contributed by atoms with Gasteiger partial charge in [0, 0.05) is 56.7 Å². The molecule has 0 spiro atoms. The van der Waals surface area contributed by atoms with Gasteiger partial charge in [0.05, 0.1) is 0 Å². The Labute approximate surface area is 157 Å². The number of hydrogen-bond donors (Lipinski definition) is 1. The minimum absolute atomic E-state index is 0.518. The van der Waals surface area contributed by atoms with Crippen molar-refractivity contribution in [2.45, 2.75) is 39.8 Å². The first kappa shape index (κ1) is 18.6. The van der Waals surface area contributed by atoms with Crippen LogP contribution in [0.15, 0.2) is 42.7 Å². The van der Waals surface area contributed by atoms with Crippen LogP contribution in [0, 0.1) is 5.92 Å². The van der Waals surface area contributed by atoms with Crippen LogP contribution in [0.2, 0.25) is 0 Å². The molecule has 1 aliphatic heterocycles. The van der Waals surface area contributed by atoms with E-state index in [4.69, 9.17) is 4.98 Å². The molecule has 1 N–H and O–H groups in total. The molecule has 0 aromatic carbocycles. The summed E-state index contributed by atoms with van der Waals surface area (Å²) in [6.45, 7) is 11.6. The van der Waals surface area contributed by atoms with Gasteiger partial charge in [-0.05, 0) is 37.5 Å². The molecule has 5 nitrogen and oxygen atoms in total. The van der Waals surface area contributed by atoms with Crippen molar-refractivity contribution in [3.05, 3.63) is 48.3 Å². The molecule has 1 fully saturated rings. The van der Waals surface area contributed by atoms with Gasteiger partial charge in [-0.3, -0.25) is 0 Å². The molecule has 0 unspecified atom stereocenters. The third-order valence-corrected chi connectivity index (χ3v) is 4.89. The molecule has 2 aromatic rings. The maximum Gasteiger partial charge on any atom is 0.133 e. The summed E-state index contributed by atoms with van der Waals surface area (Å²) < 4.78 is 0.